The van der Waals surface area contributed by atoms with Gasteiger partial charge >= 0.3 is 0 Å². The van der Waals surface area contributed by atoms with Crippen LogP contribution in [0.5, 0.6) is 0 Å². The van der Waals surface area contributed by atoms with Crippen LogP contribution in [-0.4, -0.2) is 7.11 Å². The first-order valence-electron chi connectivity index (χ1n) is 2.98. The molecule has 0 amide bonds. The summed E-state index contributed by atoms with van der Waals surface area (Å²) in [5.41, 5.74) is 0.838. The molecule has 1 rings (SSSR count). The summed E-state index contributed by atoms with van der Waals surface area (Å²) in [6.07, 6.45) is 0. The van der Waals surface area contributed by atoms with E-state index in [4.69, 9.17) is 10.7 Å². The molecular formula is C7H11ClN2O. The molecule has 0 aliphatic carbocycles. The third-order valence-electron chi connectivity index (χ3n) is 1.21. The summed E-state index contributed by atoms with van der Waals surface area (Å²) in [7, 11) is 1.52. The number of benzene rings is 1. The molecule has 1 aromatic rings. The summed E-state index contributed by atoms with van der Waals surface area (Å²) >= 11 is 0. The van der Waals surface area contributed by atoms with Crippen molar-refractivity contribution in [3.63, 3.8) is 0 Å². The van der Waals surface area contributed by atoms with Crippen LogP contribution in [0.4, 0.5) is 5.69 Å². The molecule has 2 N–H and O–H groups in total. The average molecular weight is 175 g/mol. The Hall–Kier alpha value is -0.770. The summed E-state index contributed by atoms with van der Waals surface area (Å²) in [6.45, 7) is 0. The maximum Gasteiger partial charge on any atom is 0.0820 e. The number of nitrogens with zero attached hydrogens (tertiary/aromatic N) is 1. The Kier molecular flexibility index (Phi) is 4.61. The molecule has 0 saturated carbocycles. The Bertz CT molecular complexity index is 193. The number of rotatable bonds is 2. The molecule has 0 spiro atoms. The molecule has 0 unspecified atom stereocenters. The minimum absolute atomic E-state index is 0. The molecule has 62 valence electrons. The Morgan fingerprint density at radius 2 is 1.82 bits per heavy atom. The van der Waals surface area contributed by atoms with E-state index < -0.39 is 0 Å². The zero-order valence-electron chi connectivity index (χ0n) is 6.23. The lowest BCUT2D eigenvalue weighted by atomic mass is 10.3. The summed E-state index contributed by atoms with van der Waals surface area (Å²) in [5, 5.41) is 1.21. The second-order valence-corrected chi connectivity index (χ2v) is 1.84. The topological polar surface area (TPSA) is 38.5 Å². The lowest BCUT2D eigenvalue weighted by Crippen LogP contribution is -2.28. The quantitative estimate of drug-likeness (QED) is 0.544. The fraction of sp³-hybridized carbons (Fsp3) is 0.143. The van der Waals surface area contributed by atoms with Gasteiger partial charge in [0, 0.05) is 0 Å². The van der Waals surface area contributed by atoms with Gasteiger partial charge in [0.15, 0.2) is 0 Å². The Morgan fingerprint density at radius 1 is 1.27 bits per heavy atom. The largest absolute Gasteiger partial charge is 0.261 e. The number of hydrogen-bond donors (Lipinski definition) is 1. The highest BCUT2D eigenvalue weighted by Crippen LogP contribution is 2.07. The zero-order chi connectivity index (χ0) is 7.40. The van der Waals surface area contributed by atoms with Crippen molar-refractivity contribution in [3.8, 4) is 0 Å². The van der Waals surface area contributed by atoms with Crippen molar-refractivity contribution in [2.24, 2.45) is 5.84 Å². The molecule has 0 radical (unpaired) electrons. The van der Waals surface area contributed by atoms with Crippen LogP contribution in [0.3, 0.4) is 0 Å². The SMILES string of the molecule is CON(N)c1ccccc1.Cl. The van der Waals surface area contributed by atoms with Gasteiger partial charge in [0.05, 0.1) is 12.8 Å². The van der Waals surface area contributed by atoms with Crippen LogP contribution in [0.2, 0.25) is 0 Å². The van der Waals surface area contributed by atoms with Crippen LogP contribution in [0.25, 0.3) is 0 Å². The van der Waals surface area contributed by atoms with E-state index in [1.807, 2.05) is 30.3 Å². The van der Waals surface area contributed by atoms with E-state index in [0.29, 0.717) is 0 Å². The number of hydrazine groups is 1. The van der Waals surface area contributed by atoms with Crippen molar-refractivity contribution in [2.75, 3.05) is 12.3 Å². The zero-order valence-corrected chi connectivity index (χ0v) is 7.04. The van der Waals surface area contributed by atoms with E-state index >= 15 is 0 Å². The molecule has 4 heteroatoms. The van der Waals surface area contributed by atoms with E-state index in [0.717, 1.165) is 5.69 Å². The Labute approximate surface area is 72.1 Å². The standard InChI is InChI=1S/C7H10N2O.ClH/c1-10-9(8)7-5-3-2-4-6-7;/h2-6H,8H2,1H3;1H. The predicted molar refractivity (Wildman–Crippen MR) is 47.4 cm³/mol. The molecule has 0 aromatic heterocycles. The van der Waals surface area contributed by atoms with Crippen molar-refractivity contribution >= 4 is 18.1 Å². The minimum atomic E-state index is 0. The number of hydrogen-bond acceptors (Lipinski definition) is 3. The van der Waals surface area contributed by atoms with Crippen molar-refractivity contribution in [3.05, 3.63) is 30.3 Å². The maximum atomic E-state index is 5.41. The molecule has 0 bridgehead atoms. The highest BCUT2D eigenvalue weighted by Gasteiger charge is 1.94. The fourth-order valence-corrected chi connectivity index (χ4v) is 0.680. The normalized spacial score (nSPS) is 8.55. The minimum Gasteiger partial charge on any atom is -0.261 e. The number of para-hydroxylation sites is 1. The molecule has 0 aliphatic rings. The van der Waals surface area contributed by atoms with Crippen LogP contribution < -0.4 is 11.0 Å². The van der Waals surface area contributed by atoms with Crippen LogP contribution >= 0.6 is 12.4 Å². The Morgan fingerprint density at radius 3 is 2.27 bits per heavy atom. The van der Waals surface area contributed by atoms with Crippen LogP contribution in [0.1, 0.15) is 0 Å². The second-order valence-electron chi connectivity index (χ2n) is 1.84. The summed E-state index contributed by atoms with van der Waals surface area (Å²) in [6, 6.07) is 9.45. The molecule has 1 aromatic carbocycles. The van der Waals surface area contributed by atoms with Crippen molar-refractivity contribution in [2.45, 2.75) is 0 Å². The van der Waals surface area contributed by atoms with Gasteiger partial charge in [-0.15, -0.1) is 12.4 Å². The summed E-state index contributed by atoms with van der Waals surface area (Å²) < 4.78 is 0. The predicted octanol–water partition coefficient (Wildman–Crippen LogP) is 1.35. The summed E-state index contributed by atoms with van der Waals surface area (Å²) in [5.74, 6) is 5.41. The molecule has 11 heavy (non-hydrogen) atoms. The third-order valence-corrected chi connectivity index (χ3v) is 1.21. The molecule has 0 saturated heterocycles. The molecular weight excluding hydrogens is 164 g/mol. The first-order valence-corrected chi connectivity index (χ1v) is 2.98. The molecule has 0 aliphatic heterocycles. The molecule has 0 fully saturated rings. The van der Waals surface area contributed by atoms with Crippen LogP contribution in [0.15, 0.2) is 30.3 Å². The van der Waals surface area contributed by atoms with E-state index in [1.54, 1.807) is 0 Å². The number of halogens is 1. The van der Waals surface area contributed by atoms with E-state index in [1.165, 1.54) is 12.3 Å². The fourth-order valence-electron chi connectivity index (χ4n) is 0.680. The van der Waals surface area contributed by atoms with Gasteiger partial charge < -0.3 is 0 Å². The second kappa shape index (κ2) is 4.96. The van der Waals surface area contributed by atoms with Gasteiger partial charge in [0.1, 0.15) is 0 Å². The van der Waals surface area contributed by atoms with Gasteiger partial charge in [-0.1, -0.05) is 18.2 Å². The van der Waals surface area contributed by atoms with Gasteiger partial charge in [0.2, 0.25) is 0 Å². The van der Waals surface area contributed by atoms with Crippen molar-refractivity contribution in [1.29, 1.82) is 0 Å². The Balaban J connectivity index is 0.000001000. The van der Waals surface area contributed by atoms with E-state index in [2.05, 4.69) is 0 Å². The van der Waals surface area contributed by atoms with Crippen LogP contribution in [-0.2, 0) is 4.84 Å². The highest BCUT2D eigenvalue weighted by atomic mass is 35.5. The molecule has 0 heterocycles. The third kappa shape index (κ3) is 2.76. The van der Waals surface area contributed by atoms with Gasteiger partial charge in [-0.25, -0.2) is 5.84 Å². The van der Waals surface area contributed by atoms with Crippen molar-refractivity contribution in [1.82, 2.24) is 0 Å². The first-order chi connectivity index (χ1) is 4.84. The lowest BCUT2D eigenvalue weighted by molar-refractivity contribution is 0.168. The first kappa shape index (κ1) is 10.2. The van der Waals surface area contributed by atoms with Crippen LogP contribution in [0, 0.1) is 0 Å². The number of anilines is 1. The van der Waals surface area contributed by atoms with E-state index in [-0.39, 0.29) is 12.4 Å². The van der Waals surface area contributed by atoms with Gasteiger partial charge in [0.25, 0.3) is 0 Å². The smallest absolute Gasteiger partial charge is 0.0820 e. The highest BCUT2D eigenvalue weighted by molar-refractivity contribution is 5.85. The number of nitrogens with two attached hydrogens (primary N) is 1. The van der Waals surface area contributed by atoms with Gasteiger partial charge in [-0.3, -0.25) is 4.84 Å². The maximum absolute atomic E-state index is 5.41. The van der Waals surface area contributed by atoms with Gasteiger partial charge in [-0.05, 0) is 12.1 Å². The van der Waals surface area contributed by atoms with E-state index in [9.17, 15) is 0 Å². The monoisotopic (exact) mass is 174 g/mol. The van der Waals surface area contributed by atoms with Crippen molar-refractivity contribution < 1.29 is 4.84 Å². The van der Waals surface area contributed by atoms with Gasteiger partial charge in [-0.2, -0.15) is 5.17 Å². The molecule has 3 nitrogen and oxygen atoms in total. The summed E-state index contributed by atoms with van der Waals surface area (Å²) in [4.78, 5) is 4.75. The lowest BCUT2D eigenvalue weighted by Gasteiger charge is -2.13. The molecule has 0 atom stereocenters. The average Bonchev–Trinajstić information content (AvgIpc) is 2.05.